The van der Waals surface area contributed by atoms with E-state index in [1.54, 1.807) is 18.2 Å². The molecule has 64 valence electrons. The highest BCUT2D eigenvalue weighted by Gasteiger charge is 2.08. The summed E-state index contributed by atoms with van der Waals surface area (Å²) in [6.07, 6.45) is 1.82. The Morgan fingerprint density at radius 3 is 2.25 bits per heavy atom. The summed E-state index contributed by atoms with van der Waals surface area (Å²) in [4.78, 5) is 0. The Balaban J connectivity index is 3.21. The van der Waals surface area contributed by atoms with Gasteiger partial charge in [-0.05, 0) is 18.4 Å². The molecule has 0 aromatic heterocycles. The van der Waals surface area contributed by atoms with E-state index < -0.39 is 0 Å². The third-order valence-corrected chi connectivity index (χ3v) is 2.64. The Bertz CT molecular complexity index is 292. The van der Waals surface area contributed by atoms with Crippen molar-refractivity contribution in [1.82, 2.24) is 0 Å². The van der Waals surface area contributed by atoms with Crippen molar-refractivity contribution in [3.05, 3.63) is 33.8 Å². The second-order valence-corrected chi connectivity index (χ2v) is 3.76. The van der Waals surface area contributed by atoms with E-state index >= 15 is 0 Å². The lowest BCUT2D eigenvalue weighted by Crippen LogP contribution is -1.94. The molecule has 1 aromatic carbocycles. The number of thioether (sulfide) groups is 1. The van der Waals surface area contributed by atoms with Gasteiger partial charge in [0.15, 0.2) is 0 Å². The Morgan fingerprint density at radius 2 is 1.83 bits per heavy atom. The minimum atomic E-state index is 0.394. The Labute approximate surface area is 85.6 Å². The van der Waals surface area contributed by atoms with Crippen LogP contribution < -0.4 is 0 Å². The van der Waals surface area contributed by atoms with Gasteiger partial charge in [0.05, 0.1) is 15.1 Å². The van der Waals surface area contributed by atoms with Crippen molar-refractivity contribution in [2.75, 3.05) is 6.26 Å². The van der Waals surface area contributed by atoms with Crippen molar-refractivity contribution in [2.24, 2.45) is 0 Å². The van der Waals surface area contributed by atoms with Crippen LogP contribution in [0, 0.1) is 5.41 Å². The fraction of sp³-hybridized carbons (Fsp3) is 0.125. The van der Waals surface area contributed by atoms with Gasteiger partial charge in [-0.1, -0.05) is 29.3 Å². The molecule has 0 saturated heterocycles. The zero-order chi connectivity index (χ0) is 9.14. The summed E-state index contributed by atoms with van der Waals surface area (Å²) in [5.74, 6) is 0. The normalized spacial score (nSPS) is 9.92. The van der Waals surface area contributed by atoms with Gasteiger partial charge in [0, 0.05) is 5.56 Å². The number of rotatable bonds is 1. The summed E-state index contributed by atoms with van der Waals surface area (Å²) in [6.45, 7) is 0. The maximum absolute atomic E-state index is 7.55. The maximum Gasteiger partial charge on any atom is 0.0970 e. The highest BCUT2D eigenvalue weighted by molar-refractivity contribution is 8.13. The fourth-order valence-electron chi connectivity index (χ4n) is 0.817. The molecule has 1 rings (SSSR count). The van der Waals surface area contributed by atoms with Gasteiger partial charge in [-0.3, -0.25) is 5.41 Å². The molecule has 12 heavy (non-hydrogen) atoms. The monoisotopic (exact) mass is 219 g/mol. The van der Waals surface area contributed by atoms with Crippen LogP contribution in [0.5, 0.6) is 0 Å². The molecule has 0 radical (unpaired) electrons. The van der Waals surface area contributed by atoms with Gasteiger partial charge in [-0.15, -0.1) is 11.8 Å². The van der Waals surface area contributed by atoms with Crippen molar-refractivity contribution >= 4 is 40.0 Å². The summed E-state index contributed by atoms with van der Waals surface area (Å²) in [5.41, 5.74) is 0.619. The topological polar surface area (TPSA) is 23.9 Å². The Hall–Kier alpha value is -0.180. The summed E-state index contributed by atoms with van der Waals surface area (Å²) >= 11 is 13.0. The van der Waals surface area contributed by atoms with Crippen LogP contribution in [0.15, 0.2) is 18.2 Å². The Kier molecular flexibility index (Phi) is 3.44. The van der Waals surface area contributed by atoms with E-state index in [1.807, 2.05) is 6.26 Å². The lowest BCUT2D eigenvalue weighted by Gasteiger charge is -2.04. The molecule has 0 aliphatic carbocycles. The van der Waals surface area contributed by atoms with Gasteiger partial charge in [-0.25, -0.2) is 0 Å². The number of benzene rings is 1. The predicted octanol–water partition coefficient (Wildman–Crippen LogP) is 3.68. The first kappa shape index (κ1) is 9.90. The first-order chi connectivity index (χ1) is 5.66. The second-order valence-electron chi connectivity index (χ2n) is 2.13. The van der Waals surface area contributed by atoms with Crippen molar-refractivity contribution in [3.8, 4) is 0 Å². The predicted molar refractivity (Wildman–Crippen MR) is 56.8 cm³/mol. The highest BCUT2D eigenvalue weighted by atomic mass is 35.5. The van der Waals surface area contributed by atoms with E-state index in [9.17, 15) is 0 Å². The molecule has 0 aliphatic heterocycles. The molecular weight excluding hydrogens is 213 g/mol. The van der Waals surface area contributed by atoms with Gasteiger partial charge in [-0.2, -0.15) is 0 Å². The molecule has 1 nitrogen and oxygen atoms in total. The Morgan fingerprint density at radius 1 is 1.33 bits per heavy atom. The van der Waals surface area contributed by atoms with Crippen LogP contribution in [-0.2, 0) is 0 Å². The molecule has 1 aromatic rings. The number of hydrogen-bond donors (Lipinski definition) is 1. The van der Waals surface area contributed by atoms with Crippen LogP contribution in [0.2, 0.25) is 10.0 Å². The van der Waals surface area contributed by atoms with Gasteiger partial charge >= 0.3 is 0 Å². The minimum absolute atomic E-state index is 0.394. The molecule has 0 spiro atoms. The van der Waals surface area contributed by atoms with E-state index in [0.717, 1.165) is 0 Å². The highest BCUT2D eigenvalue weighted by Crippen LogP contribution is 2.27. The first-order valence-corrected chi connectivity index (χ1v) is 5.22. The molecule has 0 fully saturated rings. The third-order valence-electron chi connectivity index (χ3n) is 1.39. The zero-order valence-corrected chi connectivity index (χ0v) is 8.72. The minimum Gasteiger partial charge on any atom is -0.293 e. The molecule has 0 atom stereocenters. The average molecular weight is 220 g/mol. The van der Waals surface area contributed by atoms with Gasteiger partial charge in [0.1, 0.15) is 0 Å². The number of halogens is 2. The van der Waals surface area contributed by atoms with Crippen molar-refractivity contribution in [2.45, 2.75) is 0 Å². The average Bonchev–Trinajstić information content (AvgIpc) is 2.03. The molecule has 0 aliphatic rings. The molecule has 4 heteroatoms. The summed E-state index contributed by atoms with van der Waals surface area (Å²) in [5, 5.41) is 9.01. The number of nitrogens with one attached hydrogen (secondary N) is 1. The summed E-state index contributed by atoms with van der Waals surface area (Å²) in [6, 6.07) is 5.23. The zero-order valence-electron chi connectivity index (χ0n) is 6.40. The molecule has 0 amide bonds. The molecule has 0 heterocycles. The quantitative estimate of drug-likeness (QED) is 0.566. The van der Waals surface area contributed by atoms with Crippen LogP contribution in [0.3, 0.4) is 0 Å². The van der Waals surface area contributed by atoms with E-state index in [2.05, 4.69) is 0 Å². The van der Waals surface area contributed by atoms with E-state index in [0.29, 0.717) is 20.7 Å². The lowest BCUT2D eigenvalue weighted by atomic mass is 10.2. The van der Waals surface area contributed by atoms with Crippen LogP contribution in [0.1, 0.15) is 5.56 Å². The molecule has 0 unspecified atom stereocenters. The van der Waals surface area contributed by atoms with Crippen LogP contribution in [0.25, 0.3) is 0 Å². The first-order valence-electron chi connectivity index (χ1n) is 3.23. The summed E-state index contributed by atoms with van der Waals surface area (Å²) in [7, 11) is 0. The van der Waals surface area contributed by atoms with E-state index in [4.69, 9.17) is 28.6 Å². The largest absolute Gasteiger partial charge is 0.293 e. The molecule has 0 bridgehead atoms. The van der Waals surface area contributed by atoms with Crippen LogP contribution >= 0.6 is 35.0 Å². The van der Waals surface area contributed by atoms with Crippen molar-refractivity contribution in [3.63, 3.8) is 0 Å². The van der Waals surface area contributed by atoms with E-state index in [1.165, 1.54) is 11.8 Å². The van der Waals surface area contributed by atoms with Gasteiger partial charge < -0.3 is 0 Å². The third kappa shape index (κ3) is 1.94. The van der Waals surface area contributed by atoms with Crippen LogP contribution in [0.4, 0.5) is 0 Å². The van der Waals surface area contributed by atoms with E-state index in [-0.39, 0.29) is 0 Å². The second kappa shape index (κ2) is 4.17. The van der Waals surface area contributed by atoms with Crippen LogP contribution in [-0.4, -0.2) is 11.3 Å². The molecular formula is C8H7Cl2NS. The summed E-state index contributed by atoms with van der Waals surface area (Å²) < 4.78 is 0. The van der Waals surface area contributed by atoms with Gasteiger partial charge in [0.2, 0.25) is 0 Å². The van der Waals surface area contributed by atoms with Crippen molar-refractivity contribution in [1.29, 1.82) is 5.41 Å². The molecule has 1 N–H and O–H groups in total. The van der Waals surface area contributed by atoms with Gasteiger partial charge in [0.25, 0.3) is 0 Å². The maximum atomic E-state index is 7.55. The fourth-order valence-corrected chi connectivity index (χ4v) is 1.94. The van der Waals surface area contributed by atoms with Crippen molar-refractivity contribution < 1.29 is 0 Å². The number of hydrogen-bond acceptors (Lipinski definition) is 2. The SMILES string of the molecule is CSC(=N)c1c(Cl)cccc1Cl. The molecule has 0 saturated carbocycles. The lowest BCUT2D eigenvalue weighted by molar-refractivity contribution is 1.52. The smallest absolute Gasteiger partial charge is 0.0970 e. The standard InChI is InChI=1S/C8H7Cl2NS/c1-12-8(11)7-5(9)3-2-4-6(7)10/h2-4,11H,1H3.